The minimum absolute atomic E-state index is 0.0920. The predicted molar refractivity (Wildman–Crippen MR) is 66.9 cm³/mol. The van der Waals surface area contributed by atoms with Crippen molar-refractivity contribution in [3.63, 3.8) is 0 Å². The second-order valence-corrected chi connectivity index (χ2v) is 3.74. The number of rotatable bonds is 6. The number of hydrogen-bond donors (Lipinski definition) is 2. The van der Waals surface area contributed by atoms with Gasteiger partial charge in [-0.05, 0) is 19.4 Å². The lowest BCUT2D eigenvalue weighted by Gasteiger charge is -2.09. The third kappa shape index (κ3) is 4.82. The SMILES string of the molecule is CCOc1ccc(NC(=O)CC(N)CC)cn1. The van der Waals surface area contributed by atoms with E-state index in [0.717, 1.165) is 6.42 Å². The van der Waals surface area contributed by atoms with Gasteiger partial charge in [0.1, 0.15) is 0 Å². The van der Waals surface area contributed by atoms with Gasteiger partial charge >= 0.3 is 0 Å². The van der Waals surface area contributed by atoms with Crippen LogP contribution in [0, 0.1) is 0 Å². The second kappa shape index (κ2) is 6.85. The number of nitrogens with zero attached hydrogens (tertiary/aromatic N) is 1. The minimum atomic E-state index is -0.0923. The number of carbonyl (C=O) groups is 1. The number of hydrogen-bond acceptors (Lipinski definition) is 4. The Bertz CT molecular complexity index is 351. The molecule has 1 unspecified atom stereocenters. The highest BCUT2D eigenvalue weighted by Gasteiger charge is 2.07. The molecule has 1 amide bonds. The average Bonchev–Trinajstić information content (AvgIpc) is 2.31. The number of anilines is 1. The van der Waals surface area contributed by atoms with Crippen molar-refractivity contribution >= 4 is 11.6 Å². The Kier molecular flexibility index (Phi) is 5.42. The maximum Gasteiger partial charge on any atom is 0.225 e. The molecule has 1 heterocycles. The lowest BCUT2D eigenvalue weighted by Crippen LogP contribution is -2.26. The molecule has 1 atom stereocenters. The van der Waals surface area contributed by atoms with E-state index < -0.39 is 0 Å². The third-order valence-corrected chi connectivity index (χ3v) is 2.28. The normalized spacial score (nSPS) is 11.9. The van der Waals surface area contributed by atoms with Crippen molar-refractivity contribution < 1.29 is 9.53 Å². The first-order valence-corrected chi connectivity index (χ1v) is 5.80. The number of nitrogens with one attached hydrogen (secondary N) is 1. The van der Waals surface area contributed by atoms with Crippen molar-refractivity contribution in [1.82, 2.24) is 4.98 Å². The maximum atomic E-state index is 11.5. The van der Waals surface area contributed by atoms with Crippen molar-refractivity contribution in [2.75, 3.05) is 11.9 Å². The molecule has 1 rings (SSSR count). The monoisotopic (exact) mass is 237 g/mol. The van der Waals surface area contributed by atoms with E-state index in [1.165, 1.54) is 0 Å². The van der Waals surface area contributed by atoms with E-state index in [4.69, 9.17) is 10.5 Å². The highest BCUT2D eigenvalue weighted by Crippen LogP contribution is 2.11. The van der Waals surface area contributed by atoms with E-state index in [1.807, 2.05) is 13.8 Å². The fraction of sp³-hybridized carbons (Fsp3) is 0.500. The van der Waals surface area contributed by atoms with Gasteiger partial charge in [0.15, 0.2) is 0 Å². The largest absolute Gasteiger partial charge is 0.478 e. The van der Waals surface area contributed by atoms with E-state index >= 15 is 0 Å². The van der Waals surface area contributed by atoms with E-state index in [1.54, 1.807) is 18.3 Å². The van der Waals surface area contributed by atoms with Gasteiger partial charge in [-0.25, -0.2) is 4.98 Å². The maximum absolute atomic E-state index is 11.5. The highest BCUT2D eigenvalue weighted by atomic mass is 16.5. The van der Waals surface area contributed by atoms with Crippen molar-refractivity contribution in [3.8, 4) is 5.88 Å². The summed E-state index contributed by atoms with van der Waals surface area (Å²) in [6.45, 7) is 4.42. The summed E-state index contributed by atoms with van der Waals surface area (Å²) in [7, 11) is 0. The topological polar surface area (TPSA) is 77.2 Å². The molecule has 1 aromatic heterocycles. The first-order valence-electron chi connectivity index (χ1n) is 5.80. The average molecular weight is 237 g/mol. The Morgan fingerprint density at radius 3 is 2.82 bits per heavy atom. The van der Waals surface area contributed by atoms with Crippen molar-refractivity contribution in [2.45, 2.75) is 32.7 Å². The summed E-state index contributed by atoms with van der Waals surface area (Å²) in [5, 5.41) is 2.74. The van der Waals surface area contributed by atoms with Crippen molar-refractivity contribution in [3.05, 3.63) is 18.3 Å². The summed E-state index contributed by atoms with van der Waals surface area (Å²) in [4.78, 5) is 15.6. The molecule has 0 spiro atoms. The molecule has 5 nitrogen and oxygen atoms in total. The number of ether oxygens (including phenoxy) is 1. The zero-order chi connectivity index (χ0) is 12.7. The molecule has 17 heavy (non-hydrogen) atoms. The molecular weight excluding hydrogens is 218 g/mol. The number of carbonyl (C=O) groups excluding carboxylic acids is 1. The zero-order valence-corrected chi connectivity index (χ0v) is 10.3. The smallest absolute Gasteiger partial charge is 0.225 e. The quantitative estimate of drug-likeness (QED) is 0.787. The molecule has 1 aromatic rings. The molecule has 0 aliphatic carbocycles. The molecular formula is C12H19N3O2. The Labute approximate surface area is 101 Å². The van der Waals surface area contributed by atoms with E-state index in [2.05, 4.69) is 10.3 Å². The molecule has 3 N–H and O–H groups in total. The summed E-state index contributed by atoms with van der Waals surface area (Å²) in [5.74, 6) is 0.459. The fourth-order valence-electron chi connectivity index (χ4n) is 1.28. The molecule has 0 aliphatic rings. The summed E-state index contributed by atoms with van der Waals surface area (Å²) in [6, 6.07) is 3.39. The number of pyridine rings is 1. The summed E-state index contributed by atoms with van der Waals surface area (Å²) in [5.41, 5.74) is 6.35. The van der Waals surface area contributed by atoms with Crippen LogP contribution < -0.4 is 15.8 Å². The van der Waals surface area contributed by atoms with Crippen LogP contribution in [-0.2, 0) is 4.79 Å². The van der Waals surface area contributed by atoms with Crippen molar-refractivity contribution in [1.29, 1.82) is 0 Å². The molecule has 0 saturated heterocycles. The van der Waals surface area contributed by atoms with Gasteiger partial charge in [0.05, 0.1) is 18.5 Å². The van der Waals surface area contributed by atoms with E-state index in [0.29, 0.717) is 24.6 Å². The Morgan fingerprint density at radius 2 is 2.29 bits per heavy atom. The van der Waals surface area contributed by atoms with Crippen LogP contribution >= 0.6 is 0 Å². The minimum Gasteiger partial charge on any atom is -0.478 e. The van der Waals surface area contributed by atoms with Gasteiger partial charge in [0, 0.05) is 18.5 Å². The van der Waals surface area contributed by atoms with Crippen LogP contribution in [0.25, 0.3) is 0 Å². The molecule has 0 radical (unpaired) electrons. The van der Waals surface area contributed by atoms with Gasteiger partial charge in [0.25, 0.3) is 0 Å². The Hall–Kier alpha value is -1.62. The fourth-order valence-corrected chi connectivity index (χ4v) is 1.28. The van der Waals surface area contributed by atoms with Gasteiger partial charge in [-0.2, -0.15) is 0 Å². The number of aromatic nitrogens is 1. The van der Waals surface area contributed by atoms with E-state index in [9.17, 15) is 4.79 Å². The predicted octanol–water partition coefficient (Wildman–Crippen LogP) is 1.55. The van der Waals surface area contributed by atoms with Gasteiger partial charge in [-0.1, -0.05) is 6.92 Å². The number of nitrogens with two attached hydrogens (primary N) is 1. The van der Waals surface area contributed by atoms with Crippen LogP contribution in [0.1, 0.15) is 26.7 Å². The Morgan fingerprint density at radius 1 is 1.53 bits per heavy atom. The molecule has 0 aromatic carbocycles. The van der Waals surface area contributed by atoms with Crippen LogP contribution in [0.3, 0.4) is 0 Å². The standard InChI is InChI=1S/C12H19N3O2/c1-3-9(13)7-11(16)15-10-5-6-12(14-8-10)17-4-2/h5-6,8-9H,3-4,7,13H2,1-2H3,(H,15,16). The van der Waals surface area contributed by atoms with Gasteiger partial charge in [0.2, 0.25) is 11.8 Å². The second-order valence-electron chi connectivity index (χ2n) is 3.74. The van der Waals surface area contributed by atoms with Crippen LogP contribution in [0.15, 0.2) is 18.3 Å². The zero-order valence-electron chi connectivity index (χ0n) is 10.3. The first kappa shape index (κ1) is 13.4. The number of amides is 1. The molecule has 0 saturated carbocycles. The Balaban J connectivity index is 2.48. The summed E-state index contributed by atoms with van der Waals surface area (Å²) < 4.78 is 5.20. The van der Waals surface area contributed by atoms with Crippen LogP contribution in [0.2, 0.25) is 0 Å². The van der Waals surface area contributed by atoms with Gasteiger partial charge in [-0.3, -0.25) is 4.79 Å². The highest BCUT2D eigenvalue weighted by molar-refractivity contribution is 5.90. The van der Waals surface area contributed by atoms with Crippen molar-refractivity contribution in [2.24, 2.45) is 5.73 Å². The van der Waals surface area contributed by atoms with Crippen LogP contribution in [0.4, 0.5) is 5.69 Å². The molecule has 0 fully saturated rings. The summed E-state index contributed by atoms with van der Waals surface area (Å²) >= 11 is 0. The van der Waals surface area contributed by atoms with E-state index in [-0.39, 0.29) is 11.9 Å². The molecule has 0 bridgehead atoms. The molecule has 94 valence electrons. The van der Waals surface area contributed by atoms with Gasteiger partial charge in [-0.15, -0.1) is 0 Å². The lowest BCUT2D eigenvalue weighted by atomic mass is 10.1. The van der Waals surface area contributed by atoms with Crippen LogP contribution in [-0.4, -0.2) is 23.5 Å². The van der Waals surface area contributed by atoms with Gasteiger partial charge < -0.3 is 15.8 Å². The summed E-state index contributed by atoms with van der Waals surface area (Å²) in [6.07, 6.45) is 2.68. The van der Waals surface area contributed by atoms with Crippen LogP contribution in [0.5, 0.6) is 5.88 Å². The molecule has 5 heteroatoms. The molecule has 0 aliphatic heterocycles. The first-order chi connectivity index (χ1) is 8.15. The third-order valence-electron chi connectivity index (χ3n) is 2.28. The lowest BCUT2D eigenvalue weighted by molar-refractivity contribution is -0.116.